The molecule has 5 heteroatoms. The van der Waals surface area contributed by atoms with Crippen molar-refractivity contribution in [2.45, 2.75) is 22.5 Å². The number of rotatable bonds is 1. The zero-order valence-electron chi connectivity index (χ0n) is 11.8. The standard InChI is InChI=1S/C16H18ClN3S/c17-12-3-4-15-13(10-12)14(19-8-5-18-6-9-19)11-20-7-1-2-16(20)21-15/h1-4,7,10,14,18H,5-6,8-9,11H2/t14-/m0/s1. The van der Waals surface area contributed by atoms with Crippen LogP contribution in [0.3, 0.4) is 0 Å². The number of halogens is 1. The number of benzene rings is 1. The van der Waals surface area contributed by atoms with E-state index >= 15 is 0 Å². The molecular weight excluding hydrogens is 302 g/mol. The summed E-state index contributed by atoms with van der Waals surface area (Å²) >= 11 is 8.12. The zero-order valence-corrected chi connectivity index (χ0v) is 13.3. The third-order valence-electron chi connectivity index (χ3n) is 4.30. The Morgan fingerprint density at radius 3 is 2.90 bits per heavy atom. The Kier molecular flexibility index (Phi) is 3.71. The van der Waals surface area contributed by atoms with E-state index in [1.165, 1.54) is 15.5 Å². The molecule has 0 bridgehead atoms. The van der Waals surface area contributed by atoms with Gasteiger partial charge in [-0.3, -0.25) is 4.90 Å². The molecule has 0 unspecified atom stereocenters. The van der Waals surface area contributed by atoms with Crippen LogP contribution >= 0.6 is 23.4 Å². The van der Waals surface area contributed by atoms with Gasteiger partial charge >= 0.3 is 0 Å². The first kappa shape index (κ1) is 13.7. The molecule has 0 spiro atoms. The second-order valence-corrected chi connectivity index (χ2v) is 7.08. The molecule has 0 saturated carbocycles. The highest BCUT2D eigenvalue weighted by Crippen LogP contribution is 2.41. The summed E-state index contributed by atoms with van der Waals surface area (Å²) < 4.78 is 2.37. The summed E-state index contributed by atoms with van der Waals surface area (Å²) in [5.74, 6) is 0. The van der Waals surface area contributed by atoms with Gasteiger partial charge in [-0.05, 0) is 35.9 Å². The van der Waals surface area contributed by atoms with Crippen LogP contribution in [0.4, 0.5) is 0 Å². The van der Waals surface area contributed by atoms with Crippen molar-refractivity contribution in [2.24, 2.45) is 0 Å². The van der Waals surface area contributed by atoms with E-state index in [0.717, 1.165) is 37.7 Å². The number of aromatic nitrogens is 1. The Balaban J connectivity index is 1.78. The highest BCUT2D eigenvalue weighted by atomic mass is 35.5. The highest BCUT2D eigenvalue weighted by Gasteiger charge is 2.28. The molecule has 0 aliphatic carbocycles. The minimum absolute atomic E-state index is 0.405. The molecule has 1 N–H and O–H groups in total. The molecule has 0 radical (unpaired) electrons. The number of fused-ring (bicyclic) bond motifs is 2. The Labute approximate surface area is 134 Å². The summed E-state index contributed by atoms with van der Waals surface area (Å²) in [5, 5.41) is 5.59. The van der Waals surface area contributed by atoms with Crippen LogP contribution in [-0.2, 0) is 6.54 Å². The highest BCUT2D eigenvalue weighted by molar-refractivity contribution is 7.99. The Hall–Kier alpha value is -0.940. The van der Waals surface area contributed by atoms with Gasteiger partial charge in [0.25, 0.3) is 0 Å². The maximum atomic E-state index is 6.27. The molecule has 3 nitrogen and oxygen atoms in total. The van der Waals surface area contributed by atoms with Crippen LogP contribution in [0.1, 0.15) is 11.6 Å². The van der Waals surface area contributed by atoms with E-state index < -0.39 is 0 Å². The summed E-state index contributed by atoms with van der Waals surface area (Å²) in [5.41, 5.74) is 1.37. The number of hydrogen-bond acceptors (Lipinski definition) is 3. The van der Waals surface area contributed by atoms with Crippen molar-refractivity contribution in [3.63, 3.8) is 0 Å². The first-order valence-electron chi connectivity index (χ1n) is 7.38. The zero-order chi connectivity index (χ0) is 14.2. The minimum Gasteiger partial charge on any atom is -0.341 e. The summed E-state index contributed by atoms with van der Waals surface area (Å²) in [4.78, 5) is 3.92. The van der Waals surface area contributed by atoms with Gasteiger partial charge in [-0.25, -0.2) is 0 Å². The fourth-order valence-electron chi connectivity index (χ4n) is 3.22. The number of nitrogens with one attached hydrogen (secondary N) is 1. The lowest BCUT2D eigenvalue weighted by Crippen LogP contribution is -2.46. The molecule has 110 valence electrons. The van der Waals surface area contributed by atoms with E-state index in [2.05, 4.69) is 45.2 Å². The topological polar surface area (TPSA) is 20.2 Å². The lowest BCUT2D eigenvalue weighted by molar-refractivity contribution is 0.155. The van der Waals surface area contributed by atoms with Gasteiger partial charge in [0.15, 0.2) is 0 Å². The molecule has 1 fully saturated rings. The summed E-state index contributed by atoms with van der Waals surface area (Å²) in [7, 11) is 0. The predicted octanol–water partition coefficient (Wildman–Crippen LogP) is 3.25. The van der Waals surface area contributed by atoms with E-state index in [1.54, 1.807) is 0 Å². The lowest BCUT2D eigenvalue weighted by atomic mass is 10.0. The molecule has 0 amide bonds. The predicted molar refractivity (Wildman–Crippen MR) is 87.2 cm³/mol. The fourth-order valence-corrected chi connectivity index (χ4v) is 4.47. The van der Waals surface area contributed by atoms with Crippen molar-refractivity contribution in [3.05, 3.63) is 47.1 Å². The number of piperazine rings is 1. The SMILES string of the molecule is Clc1ccc2c(c1)[C@@H](N1CCNCC1)Cn1cccc1S2. The fraction of sp³-hybridized carbons (Fsp3) is 0.375. The average Bonchev–Trinajstić information content (AvgIpc) is 2.89. The molecule has 2 aliphatic rings. The third kappa shape index (κ3) is 2.61. The Morgan fingerprint density at radius 2 is 2.05 bits per heavy atom. The van der Waals surface area contributed by atoms with Crippen molar-refractivity contribution >= 4 is 23.4 Å². The van der Waals surface area contributed by atoms with Crippen LogP contribution in [0.15, 0.2) is 46.5 Å². The van der Waals surface area contributed by atoms with Gasteiger partial charge in [0.05, 0.1) is 11.1 Å². The van der Waals surface area contributed by atoms with Crippen LogP contribution < -0.4 is 5.32 Å². The maximum Gasteiger partial charge on any atom is 0.0797 e. The molecule has 21 heavy (non-hydrogen) atoms. The minimum atomic E-state index is 0.405. The molecule has 1 atom stereocenters. The monoisotopic (exact) mass is 319 g/mol. The Morgan fingerprint density at radius 1 is 1.19 bits per heavy atom. The van der Waals surface area contributed by atoms with Crippen molar-refractivity contribution in [2.75, 3.05) is 26.2 Å². The summed E-state index contributed by atoms with van der Waals surface area (Å²) in [6.45, 7) is 5.33. The third-order valence-corrected chi connectivity index (χ3v) is 5.70. The van der Waals surface area contributed by atoms with E-state index in [9.17, 15) is 0 Å². The van der Waals surface area contributed by atoms with Crippen molar-refractivity contribution in [1.29, 1.82) is 0 Å². The van der Waals surface area contributed by atoms with Crippen LogP contribution in [0.2, 0.25) is 5.02 Å². The van der Waals surface area contributed by atoms with Crippen LogP contribution in [0, 0.1) is 0 Å². The number of nitrogens with zero attached hydrogens (tertiary/aromatic N) is 2. The van der Waals surface area contributed by atoms with Gasteiger partial charge in [-0.15, -0.1) is 0 Å². The normalized spacial score (nSPS) is 22.4. The van der Waals surface area contributed by atoms with Crippen LogP contribution in [0.25, 0.3) is 0 Å². The second-order valence-electron chi connectivity index (χ2n) is 5.58. The number of hydrogen-bond donors (Lipinski definition) is 1. The molecule has 2 aromatic rings. The lowest BCUT2D eigenvalue weighted by Gasteiger charge is -2.35. The maximum absolute atomic E-state index is 6.27. The average molecular weight is 320 g/mol. The molecule has 1 saturated heterocycles. The summed E-state index contributed by atoms with van der Waals surface area (Å²) in [6, 6.07) is 11.1. The second kappa shape index (κ2) is 5.69. The van der Waals surface area contributed by atoms with Crippen molar-refractivity contribution < 1.29 is 0 Å². The molecule has 4 rings (SSSR count). The van der Waals surface area contributed by atoms with Crippen LogP contribution in [-0.4, -0.2) is 35.6 Å². The van der Waals surface area contributed by atoms with Crippen molar-refractivity contribution in [3.8, 4) is 0 Å². The molecule has 1 aromatic carbocycles. The molecule has 3 heterocycles. The summed E-state index contributed by atoms with van der Waals surface area (Å²) in [6.07, 6.45) is 2.19. The van der Waals surface area contributed by atoms with Gasteiger partial charge < -0.3 is 9.88 Å². The van der Waals surface area contributed by atoms with Gasteiger partial charge in [0.2, 0.25) is 0 Å². The van der Waals surface area contributed by atoms with Gasteiger partial charge in [-0.1, -0.05) is 23.4 Å². The van der Waals surface area contributed by atoms with Gasteiger partial charge in [-0.2, -0.15) is 0 Å². The smallest absolute Gasteiger partial charge is 0.0797 e. The van der Waals surface area contributed by atoms with E-state index in [-0.39, 0.29) is 0 Å². The molecule has 1 aromatic heterocycles. The quantitative estimate of drug-likeness (QED) is 0.871. The first-order valence-corrected chi connectivity index (χ1v) is 8.58. The van der Waals surface area contributed by atoms with Crippen LogP contribution in [0.5, 0.6) is 0 Å². The van der Waals surface area contributed by atoms with E-state index in [1.807, 2.05) is 17.8 Å². The Bertz CT molecular complexity index is 649. The van der Waals surface area contributed by atoms with E-state index in [4.69, 9.17) is 11.6 Å². The molecular formula is C16H18ClN3S. The van der Waals surface area contributed by atoms with Crippen molar-refractivity contribution in [1.82, 2.24) is 14.8 Å². The van der Waals surface area contributed by atoms with Gasteiger partial charge in [0, 0.05) is 48.8 Å². The largest absolute Gasteiger partial charge is 0.341 e. The van der Waals surface area contributed by atoms with E-state index in [0.29, 0.717) is 6.04 Å². The molecule has 2 aliphatic heterocycles. The first-order chi connectivity index (χ1) is 10.3. The van der Waals surface area contributed by atoms with Gasteiger partial charge in [0.1, 0.15) is 0 Å².